The van der Waals surface area contributed by atoms with Gasteiger partial charge in [-0.1, -0.05) is 11.6 Å². The molecule has 0 saturated carbocycles. The predicted octanol–water partition coefficient (Wildman–Crippen LogP) is 3.94. The molecular formula is C13H10Cl+. The number of benzene rings is 2. The van der Waals surface area contributed by atoms with Gasteiger partial charge in [-0.05, 0) is 30.3 Å². The van der Waals surface area contributed by atoms with Gasteiger partial charge in [0, 0.05) is 30.7 Å². The molecule has 0 atom stereocenters. The van der Waals surface area contributed by atoms with Crippen molar-refractivity contribution >= 4 is 11.6 Å². The van der Waals surface area contributed by atoms with Gasteiger partial charge in [0.25, 0.3) is 0 Å². The Morgan fingerprint density at radius 3 is 2.21 bits per heavy atom. The Kier molecular flexibility index (Phi) is 2.76. The molecule has 1 heteroatoms. The SMILES string of the molecule is Clc1cccc([CH+]c2ccccc2)c1. The van der Waals surface area contributed by atoms with E-state index in [-0.39, 0.29) is 0 Å². The quantitative estimate of drug-likeness (QED) is 0.646. The molecule has 0 aliphatic heterocycles. The van der Waals surface area contributed by atoms with Crippen molar-refractivity contribution < 1.29 is 0 Å². The summed E-state index contributed by atoms with van der Waals surface area (Å²) in [4.78, 5) is 0. The lowest BCUT2D eigenvalue weighted by Gasteiger charge is -1.94. The summed E-state index contributed by atoms with van der Waals surface area (Å²) in [5.74, 6) is 0. The molecular weight excluding hydrogens is 192 g/mol. The van der Waals surface area contributed by atoms with Crippen LogP contribution in [-0.2, 0) is 0 Å². The van der Waals surface area contributed by atoms with Gasteiger partial charge in [0.1, 0.15) is 0 Å². The van der Waals surface area contributed by atoms with E-state index in [2.05, 4.69) is 18.6 Å². The minimum Gasteiger partial charge on any atom is -0.0748 e. The molecule has 0 aliphatic carbocycles. The molecule has 2 rings (SSSR count). The van der Waals surface area contributed by atoms with E-state index < -0.39 is 0 Å². The molecule has 0 unspecified atom stereocenters. The first-order valence-corrected chi connectivity index (χ1v) is 4.88. The monoisotopic (exact) mass is 201 g/mol. The fraction of sp³-hybridized carbons (Fsp3) is 0. The zero-order valence-corrected chi connectivity index (χ0v) is 8.41. The Morgan fingerprint density at radius 2 is 1.50 bits per heavy atom. The standard InChI is InChI=1S/C13H10Cl/c14-13-8-4-7-12(10-13)9-11-5-2-1-3-6-11/h1-10H/q+1. The van der Waals surface area contributed by atoms with Gasteiger partial charge >= 0.3 is 0 Å². The van der Waals surface area contributed by atoms with Crippen LogP contribution in [0, 0.1) is 6.42 Å². The fourth-order valence-electron chi connectivity index (χ4n) is 1.34. The Bertz CT molecular complexity index is 407. The Morgan fingerprint density at radius 1 is 0.786 bits per heavy atom. The molecule has 0 bridgehead atoms. The highest BCUT2D eigenvalue weighted by Gasteiger charge is 2.02. The van der Waals surface area contributed by atoms with Gasteiger partial charge in [0.15, 0.2) is 0 Å². The van der Waals surface area contributed by atoms with E-state index in [0.717, 1.165) is 10.6 Å². The van der Waals surface area contributed by atoms with Crippen LogP contribution in [0.5, 0.6) is 0 Å². The van der Waals surface area contributed by atoms with Crippen molar-refractivity contribution in [3.63, 3.8) is 0 Å². The molecule has 0 nitrogen and oxygen atoms in total. The van der Waals surface area contributed by atoms with Crippen molar-refractivity contribution in [1.82, 2.24) is 0 Å². The third-order valence-electron chi connectivity index (χ3n) is 1.98. The van der Waals surface area contributed by atoms with Crippen LogP contribution in [0.3, 0.4) is 0 Å². The highest BCUT2D eigenvalue weighted by atomic mass is 35.5. The van der Waals surface area contributed by atoms with Crippen molar-refractivity contribution in [2.24, 2.45) is 0 Å². The van der Waals surface area contributed by atoms with E-state index >= 15 is 0 Å². The molecule has 2 aromatic carbocycles. The Labute approximate surface area is 89.2 Å². The molecule has 0 radical (unpaired) electrons. The summed E-state index contributed by atoms with van der Waals surface area (Å²) in [6.07, 6.45) is 2.10. The van der Waals surface area contributed by atoms with Crippen LogP contribution in [0.25, 0.3) is 0 Å². The minimum atomic E-state index is 0.773. The maximum atomic E-state index is 5.89. The first kappa shape index (κ1) is 9.17. The lowest BCUT2D eigenvalue weighted by molar-refractivity contribution is 1.43. The molecule has 0 N–H and O–H groups in total. The molecule has 0 saturated heterocycles. The van der Waals surface area contributed by atoms with E-state index in [1.165, 1.54) is 5.56 Å². The average Bonchev–Trinajstić information content (AvgIpc) is 2.19. The van der Waals surface area contributed by atoms with Crippen molar-refractivity contribution in [1.29, 1.82) is 0 Å². The molecule has 0 aliphatic rings. The number of hydrogen-bond acceptors (Lipinski definition) is 0. The van der Waals surface area contributed by atoms with Gasteiger partial charge < -0.3 is 0 Å². The molecule has 2 aromatic rings. The summed E-state index contributed by atoms with van der Waals surface area (Å²) in [5, 5.41) is 0.773. The lowest BCUT2D eigenvalue weighted by atomic mass is 10.1. The topological polar surface area (TPSA) is 0 Å². The molecule has 0 heterocycles. The average molecular weight is 202 g/mol. The van der Waals surface area contributed by atoms with Gasteiger partial charge in [-0.2, -0.15) is 0 Å². The molecule has 0 spiro atoms. The van der Waals surface area contributed by atoms with Crippen LogP contribution in [0.2, 0.25) is 5.02 Å². The van der Waals surface area contributed by atoms with Gasteiger partial charge in [-0.15, -0.1) is 0 Å². The normalized spacial score (nSPS) is 9.79. The van der Waals surface area contributed by atoms with Crippen molar-refractivity contribution in [3.05, 3.63) is 77.2 Å². The molecule has 68 valence electrons. The zero-order chi connectivity index (χ0) is 9.80. The van der Waals surface area contributed by atoms with Crippen molar-refractivity contribution in [2.45, 2.75) is 0 Å². The number of hydrogen-bond donors (Lipinski definition) is 0. The molecule has 0 amide bonds. The molecule has 0 fully saturated rings. The number of halogens is 1. The second-order valence-electron chi connectivity index (χ2n) is 3.11. The van der Waals surface area contributed by atoms with E-state index in [1.807, 2.05) is 42.5 Å². The smallest absolute Gasteiger partial charge is 0.0748 e. The first-order chi connectivity index (χ1) is 6.84. The largest absolute Gasteiger partial charge is 0.0753 e. The third-order valence-corrected chi connectivity index (χ3v) is 2.22. The van der Waals surface area contributed by atoms with Crippen LogP contribution in [0.15, 0.2) is 54.6 Å². The van der Waals surface area contributed by atoms with Crippen LogP contribution in [-0.4, -0.2) is 0 Å². The molecule has 0 aromatic heterocycles. The lowest BCUT2D eigenvalue weighted by Crippen LogP contribution is -1.83. The maximum Gasteiger partial charge on any atom is 0.0753 e. The summed E-state index contributed by atoms with van der Waals surface area (Å²) < 4.78 is 0. The minimum absolute atomic E-state index is 0.773. The third kappa shape index (κ3) is 2.30. The Balaban J connectivity index is 2.19. The van der Waals surface area contributed by atoms with Crippen molar-refractivity contribution in [3.8, 4) is 0 Å². The van der Waals surface area contributed by atoms with Crippen LogP contribution in [0.4, 0.5) is 0 Å². The van der Waals surface area contributed by atoms with E-state index in [9.17, 15) is 0 Å². The van der Waals surface area contributed by atoms with Crippen LogP contribution >= 0.6 is 11.6 Å². The summed E-state index contributed by atoms with van der Waals surface area (Å²) in [6.45, 7) is 0. The van der Waals surface area contributed by atoms with E-state index in [1.54, 1.807) is 0 Å². The first-order valence-electron chi connectivity index (χ1n) is 4.50. The second-order valence-corrected chi connectivity index (χ2v) is 3.55. The highest BCUT2D eigenvalue weighted by Crippen LogP contribution is 2.15. The maximum absolute atomic E-state index is 5.89. The van der Waals surface area contributed by atoms with Crippen molar-refractivity contribution in [2.75, 3.05) is 0 Å². The van der Waals surface area contributed by atoms with Gasteiger partial charge in [0.2, 0.25) is 0 Å². The summed E-state index contributed by atoms with van der Waals surface area (Å²) in [7, 11) is 0. The summed E-state index contributed by atoms with van der Waals surface area (Å²) in [5.41, 5.74) is 2.32. The number of rotatable bonds is 2. The van der Waals surface area contributed by atoms with Gasteiger partial charge in [-0.25, -0.2) is 0 Å². The summed E-state index contributed by atoms with van der Waals surface area (Å²) >= 11 is 5.89. The van der Waals surface area contributed by atoms with E-state index in [0.29, 0.717) is 0 Å². The highest BCUT2D eigenvalue weighted by molar-refractivity contribution is 6.30. The Hall–Kier alpha value is -1.40. The van der Waals surface area contributed by atoms with Gasteiger partial charge in [0.05, 0.1) is 16.1 Å². The molecule has 14 heavy (non-hydrogen) atoms. The van der Waals surface area contributed by atoms with E-state index in [4.69, 9.17) is 11.6 Å². The predicted molar refractivity (Wildman–Crippen MR) is 60.4 cm³/mol. The summed E-state index contributed by atoms with van der Waals surface area (Å²) in [6, 6.07) is 18.0. The zero-order valence-electron chi connectivity index (χ0n) is 7.65. The van der Waals surface area contributed by atoms with Crippen LogP contribution < -0.4 is 0 Å². The van der Waals surface area contributed by atoms with Gasteiger partial charge in [-0.3, -0.25) is 0 Å². The van der Waals surface area contributed by atoms with Crippen LogP contribution in [0.1, 0.15) is 11.1 Å². The fourth-order valence-corrected chi connectivity index (χ4v) is 1.54. The second kappa shape index (κ2) is 4.21.